The molecule has 3 rings (SSSR count). The predicted octanol–water partition coefficient (Wildman–Crippen LogP) is 1.74. The number of aromatic amines is 1. The summed E-state index contributed by atoms with van der Waals surface area (Å²) in [6, 6.07) is 12.5. The fourth-order valence-electron chi connectivity index (χ4n) is 2.46. The Bertz CT molecular complexity index is 890. The molecule has 2 N–H and O–H groups in total. The Kier molecular flexibility index (Phi) is 4.14. The number of rotatable bonds is 4. The highest BCUT2D eigenvalue weighted by Gasteiger charge is 2.14. The van der Waals surface area contributed by atoms with Crippen molar-refractivity contribution in [3.05, 3.63) is 70.4 Å². The first-order chi connectivity index (χ1) is 11.1. The Morgan fingerprint density at radius 2 is 1.91 bits per heavy atom. The van der Waals surface area contributed by atoms with Crippen LogP contribution in [0.2, 0.25) is 0 Å². The highest BCUT2D eigenvalue weighted by atomic mass is 16.1. The third-order valence-corrected chi connectivity index (χ3v) is 3.61. The van der Waals surface area contributed by atoms with E-state index in [9.17, 15) is 9.59 Å². The molecule has 0 aliphatic carbocycles. The molecule has 23 heavy (non-hydrogen) atoms. The van der Waals surface area contributed by atoms with Crippen molar-refractivity contribution < 1.29 is 4.79 Å². The van der Waals surface area contributed by atoms with E-state index in [4.69, 9.17) is 0 Å². The van der Waals surface area contributed by atoms with Gasteiger partial charge in [-0.15, -0.1) is 0 Å². The number of hydrogen-bond acceptors (Lipinski definition) is 4. The largest absolute Gasteiger partial charge is 0.348 e. The molecule has 0 aliphatic heterocycles. The Balaban J connectivity index is 1.79. The van der Waals surface area contributed by atoms with Gasteiger partial charge in [-0.2, -0.15) is 5.10 Å². The summed E-state index contributed by atoms with van der Waals surface area (Å²) >= 11 is 0. The van der Waals surface area contributed by atoms with Crippen molar-refractivity contribution >= 4 is 16.7 Å². The highest BCUT2D eigenvalue weighted by molar-refractivity contribution is 5.88. The number of nitrogens with zero attached hydrogens (tertiary/aromatic N) is 2. The molecule has 6 heteroatoms. The summed E-state index contributed by atoms with van der Waals surface area (Å²) in [7, 11) is 0. The second kappa shape index (κ2) is 6.39. The molecule has 116 valence electrons. The molecule has 1 amide bonds. The minimum Gasteiger partial charge on any atom is -0.348 e. The first-order valence-corrected chi connectivity index (χ1v) is 7.32. The van der Waals surface area contributed by atoms with Gasteiger partial charge in [0.15, 0.2) is 0 Å². The third kappa shape index (κ3) is 3.26. The molecule has 0 saturated carbocycles. The fraction of sp³-hybridized carbons (Fsp3) is 0.176. The average molecular weight is 308 g/mol. The Labute approximate surface area is 132 Å². The Morgan fingerprint density at radius 3 is 2.65 bits per heavy atom. The van der Waals surface area contributed by atoms with Crippen molar-refractivity contribution in [1.29, 1.82) is 0 Å². The summed E-state index contributed by atoms with van der Waals surface area (Å²) in [4.78, 5) is 28.2. The van der Waals surface area contributed by atoms with Gasteiger partial charge >= 0.3 is 0 Å². The van der Waals surface area contributed by atoms with Crippen LogP contribution < -0.4 is 10.9 Å². The Morgan fingerprint density at radius 1 is 1.17 bits per heavy atom. The molecule has 0 radical (unpaired) electrons. The molecular weight excluding hydrogens is 292 g/mol. The topological polar surface area (TPSA) is 87.7 Å². The first kappa shape index (κ1) is 14.9. The molecule has 0 saturated heterocycles. The average Bonchev–Trinajstić information content (AvgIpc) is 2.58. The van der Waals surface area contributed by atoms with Crippen molar-refractivity contribution in [2.45, 2.75) is 19.4 Å². The van der Waals surface area contributed by atoms with Gasteiger partial charge in [0.05, 0.1) is 29.2 Å². The SMILES string of the molecule is C[C@@H](NC(=O)Cc1n[nH]c(=O)c2ccccc12)c1ccccn1. The van der Waals surface area contributed by atoms with Crippen LogP contribution in [0.4, 0.5) is 0 Å². The van der Waals surface area contributed by atoms with E-state index in [0.717, 1.165) is 5.69 Å². The van der Waals surface area contributed by atoms with Gasteiger partial charge in [0.2, 0.25) is 5.91 Å². The van der Waals surface area contributed by atoms with Gasteiger partial charge in [0.25, 0.3) is 5.56 Å². The molecule has 1 atom stereocenters. The van der Waals surface area contributed by atoms with E-state index in [1.54, 1.807) is 24.4 Å². The summed E-state index contributed by atoms with van der Waals surface area (Å²) < 4.78 is 0. The first-order valence-electron chi connectivity index (χ1n) is 7.32. The molecule has 0 fully saturated rings. The number of benzene rings is 1. The lowest BCUT2D eigenvalue weighted by Crippen LogP contribution is -2.29. The van der Waals surface area contributed by atoms with E-state index in [2.05, 4.69) is 20.5 Å². The summed E-state index contributed by atoms with van der Waals surface area (Å²) in [6.45, 7) is 1.87. The molecule has 2 aromatic heterocycles. The quantitative estimate of drug-likeness (QED) is 0.768. The van der Waals surface area contributed by atoms with Crippen LogP contribution in [-0.4, -0.2) is 21.1 Å². The fourth-order valence-corrected chi connectivity index (χ4v) is 2.46. The van der Waals surface area contributed by atoms with Crippen LogP contribution in [0.15, 0.2) is 53.5 Å². The number of nitrogens with one attached hydrogen (secondary N) is 2. The number of H-pyrrole nitrogens is 1. The zero-order chi connectivity index (χ0) is 16.2. The molecule has 0 aliphatic rings. The van der Waals surface area contributed by atoms with Gasteiger partial charge < -0.3 is 5.32 Å². The van der Waals surface area contributed by atoms with Crippen molar-refractivity contribution in [2.75, 3.05) is 0 Å². The van der Waals surface area contributed by atoms with E-state index >= 15 is 0 Å². The maximum absolute atomic E-state index is 12.3. The van der Waals surface area contributed by atoms with Crippen LogP contribution in [-0.2, 0) is 11.2 Å². The summed E-state index contributed by atoms with van der Waals surface area (Å²) in [5.41, 5.74) is 1.08. The molecule has 3 aromatic rings. The molecule has 0 bridgehead atoms. The maximum Gasteiger partial charge on any atom is 0.272 e. The van der Waals surface area contributed by atoms with E-state index < -0.39 is 0 Å². The van der Waals surface area contributed by atoms with Crippen molar-refractivity contribution in [3.8, 4) is 0 Å². The third-order valence-electron chi connectivity index (χ3n) is 3.61. The van der Waals surface area contributed by atoms with Gasteiger partial charge in [0, 0.05) is 11.6 Å². The number of amides is 1. The number of hydrogen-bond donors (Lipinski definition) is 2. The lowest BCUT2D eigenvalue weighted by Gasteiger charge is -2.13. The minimum atomic E-state index is -0.258. The van der Waals surface area contributed by atoms with E-state index in [0.29, 0.717) is 16.5 Å². The van der Waals surface area contributed by atoms with E-state index in [1.165, 1.54) is 0 Å². The standard InChI is InChI=1S/C17H16N4O2/c1-11(14-8-4-5-9-18-14)19-16(22)10-15-12-6-2-3-7-13(12)17(23)21-20-15/h2-9,11H,10H2,1H3,(H,19,22)(H,21,23)/t11-/m1/s1. The number of carbonyl (C=O) groups excluding carboxylic acids is 1. The molecule has 1 aromatic carbocycles. The zero-order valence-corrected chi connectivity index (χ0v) is 12.6. The van der Waals surface area contributed by atoms with Crippen molar-refractivity contribution in [3.63, 3.8) is 0 Å². The van der Waals surface area contributed by atoms with E-state index in [1.807, 2.05) is 31.2 Å². The molecule has 0 spiro atoms. The van der Waals surface area contributed by atoms with Gasteiger partial charge in [-0.1, -0.05) is 24.3 Å². The Hall–Kier alpha value is -3.02. The number of fused-ring (bicyclic) bond motifs is 1. The van der Waals surface area contributed by atoms with Gasteiger partial charge in [-0.3, -0.25) is 14.6 Å². The predicted molar refractivity (Wildman–Crippen MR) is 86.9 cm³/mol. The number of carbonyl (C=O) groups is 1. The zero-order valence-electron chi connectivity index (χ0n) is 12.6. The smallest absolute Gasteiger partial charge is 0.272 e. The lowest BCUT2D eigenvalue weighted by atomic mass is 10.1. The molecule has 2 heterocycles. The van der Waals surface area contributed by atoms with Gasteiger partial charge in [-0.25, -0.2) is 5.10 Å². The number of pyridine rings is 1. The van der Waals surface area contributed by atoms with Crippen LogP contribution in [0, 0.1) is 0 Å². The second-order valence-electron chi connectivity index (χ2n) is 5.27. The normalized spacial score (nSPS) is 12.0. The summed E-state index contributed by atoms with van der Waals surface area (Å²) in [5.74, 6) is -0.173. The highest BCUT2D eigenvalue weighted by Crippen LogP contribution is 2.14. The minimum absolute atomic E-state index is 0.0917. The van der Waals surface area contributed by atoms with Gasteiger partial charge in [-0.05, 0) is 25.1 Å². The molecular formula is C17H16N4O2. The molecule has 6 nitrogen and oxygen atoms in total. The number of aromatic nitrogens is 3. The monoisotopic (exact) mass is 308 g/mol. The maximum atomic E-state index is 12.3. The summed E-state index contributed by atoms with van der Waals surface area (Å²) in [5, 5.41) is 10.6. The van der Waals surface area contributed by atoms with Crippen LogP contribution >= 0.6 is 0 Å². The van der Waals surface area contributed by atoms with Crippen LogP contribution in [0.3, 0.4) is 0 Å². The van der Waals surface area contributed by atoms with E-state index in [-0.39, 0.29) is 23.9 Å². The lowest BCUT2D eigenvalue weighted by molar-refractivity contribution is -0.121. The second-order valence-corrected chi connectivity index (χ2v) is 5.27. The molecule has 0 unspecified atom stereocenters. The van der Waals surface area contributed by atoms with Crippen molar-refractivity contribution in [1.82, 2.24) is 20.5 Å². The van der Waals surface area contributed by atoms with Crippen LogP contribution in [0.1, 0.15) is 24.4 Å². The van der Waals surface area contributed by atoms with Crippen LogP contribution in [0.5, 0.6) is 0 Å². The summed E-state index contributed by atoms with van der Waals surface area (Å²) in [6.07, 6.45) is 1.78. The van der Waals surface area contributed by atoms with Crippen LogP contribution in [0.25, 0.3) is 10.8 Å². The van der Waals surface area contributed by atoms with Crippen molar-refractivity contribution in [2.24, 2.45) is 0 Å². The van der Waals surface area contributed by atoms with Gasteiger partial charge in [0.1, 0.15) is 0 Å².